The van der Waals surface area contributed by atoms with Gasteiger partial charge >= 0.3 is 6.18 Å². The molecule has 2 aromatic rings. The van der Waals surface area contributed by atoms with Crippen molar-refractivity contribution >= 4 is 33.0 Å². The van der Waals surface area contributed by atoms with Crippen molar-refractivity contribution in [3.05, 3.63) is 50.7 Å². The van der Waals surface area contributed by atoms with Crippen LogP contribution in [0.4, 0.5) is 13.2 Å². The van der Waals surface area contributed by atoms with Crippen molar-refractivity contribution in [2.75, 3.05) is 7.05 Å². The van der Waals surface area contributed by atoms with Crippen molar-refractivity contribution < 1.29 is 21.6 Å². The summed E-state index contributed by atoms with van der Waals surface area (Å²) in [6, 6.07) is 4.47. The first kappa shape index (κ1) is 18.3. The number of benzene rings is 1. The van der Waals surface area contributed by atoms with Crippen LogP contribution in [-0.4, -0.2) is 19.8 Å². The lowest BCUT2D eigenvalue weighted by atomic mass is 10.2. The largest absolute Gasteiger partial charge is 0.417 e. The van der Waals surface area contributed by atoms with Gasteiger partial charge in [-0.1, -0.05) is 11.6 Å². The summed E-state index contributed by atoms with van der Waals surface area (Å²) in [4.78, 5) is -0.0234. The Balaban J connectivity index is 2.46. The van der Waals surface area contributed by atoms with Gasteiger partial charge in [-0.3, -0.25) is 0 Å². The zero-order chi connectivity index (χ0) is 17.4. The van der Waals surface area contributed by atoms with Crippen LogP contribution in [0.1, 0.15) is 16.0 Å². The average Bonchev–Trinajstić information content (AvgIpc) is 2.83. The summed E-state index contributed by atoms with van der Waals surface area (Å²) >= 11 is 6.93. The Hall–Kier alpha value is -1.09. The number of hydrogen-bond donors (Lipinski definition) is 0. The van der Waals surface area contributed by atoms with Gasteiger partial charge in [0.25, 0.3) is 0 Å². The minimum absolute atomic E-state index is 0.00571. The zero-order valence-corrected chi connectivity index (χ0v) is 14.6. The topological polar surface area (TPSA) is 37.4 Å². The molecule has 0 aliphatic carbocycles. The third-order valence-electron chi connectivity index (χ3n) is 3.27. The van der Waals surface area contributed by atoms with Crippen LogP contribution in [0.15, 0.2) is 34.5 Å². The molecule has 23 heavy (non-hydrogen) atoms. The highest BCUT2D eigenvalue weighted by Crippen LogP contribution is 2.37. The molecule has 2 rings (SSSR count). The van der Waals surface area contributed by atoms with Crippen molar-refractivity contribution in [3.8, 4) is 0 Å². The summed E-state index contributed by atoms with van der Waals surface area (Å²) in [7, 11) is -3.05. The van der Waals surface area contributed by atoms with Crippen molar-refractivity contribution in [1.82, 2.24) is 4.31 Å². The molecule has 0 saturated carbocycles. The molecule has 0 bridgehead atoms. The first-order valence-electron chi connectivity index (χ1n) is 6.39. The second-order valence-electron chi connectivity index (χ2n) is 4.93. The average molecular weight is 384 g/mol. The summed E-state index contributed by atoms with van der Waals surface area (Å²) < 4.78 is 65.4. The van der Waals surface area contributed by atoms with Crippen molar-refractivity contribution in [2.24, 2.45) is 0 Å². The van der Waals surface area contributed by atoms with E-state index in [1.807, 2.05) is 13.0 Å². The molecule has 0 radical (unpaired) electrons. The van der Waals surface area contributed by atoms with E-state index in [2.05, 4.69) is 0 Å². The molecule has 0 amide bonds. The number of alkyl halides is 3. The van der Waals surface area contributed by atoms with Gasteiger partial charge < -0.3 is 0 Å². The van der Waals surface area contributed by atoms with Crippen LogP contribution in [0.5, 0.6) is 0 Å². The van der Waals surface area contributed by atoms with Gasteiger partial charge in [0, 0.05) is 23.5 Å². The minimum atomic E-state index is -4.81. The second-order valence-corrected chi connectivity index (χ2v) is 8.38. The van der Waals surface area contributed by atoms with E-state index >= 15 is 0 Å². The van der Waals surface area contributed by atoms with Crippen LogP contribution in [0.25, 0.3) is 0 Å². The highest BCUT2D eigenvalue weighted by atomic mass is 35.5. The Bertz CT molecular complexity index is 816. The Labute approximate surface area is 141 Å². The molecule has 0 atom stereocenters. The maximum Gasteiger partial charge on any atom is 0.417 e. The van der Waals surface area contributed by atoms with Gasteiger partial charge in [-0.25, -0.2) is 8.42 Å². The van der Waals surface area contributed by atoms with Gasteiger partial charge in [0.15, 0.2) is 0 Å². The highest BCUT2D eigenvalue weighted by Gasteiger charge is 2.38. The fourth-order valence-corrected chi connectivity index (χ4v) is 4.51. The Morgan fingerprint density at radius 3 is 2.43 bits per heavy atom. The van der Waals surface area contributed by atoms with E-state index < -0.39 is 26.7 Å². The second kappa shape index (κ2) is 6.43. The molecule has 3 nitrogen and oxygen atoms in total. The van der Waals surface area contributed by atoms with Crippen LogP contribution >= 0.6 is 22.9 Å². The van der Waals surface area contributed by atoms with E-state index in [4.69, 9.17) is 11.6 Å². The van der Waals surface area contributed by atoms with Crippen LogP contribution in [0.3, 0.4) is 0 Å². The van der Waals surface area contributed by atoms with E-state index in [1.165, 1.54) is 18.4 Å². The Morgan fingerprint density at radius 2 is 1.91 bits per heavy atom. The lowest BCUT2D eigenvalue weighted by Gasteiger charge is -2.20. The molecule has 0 aliphatic rings. The smallest absolute Gasteiger partial charge is 0.207 e. The monoisotopic (exact) mass is 383 g/mol. The predicted octanol–water partition coefficient (Wildman–Crippen LogP) is 4.55. The summed E-state index contributed by atoms with van der Waals surface area (Å²) in [5.74, 6) is 0. The molecule has 9 heteroatoms. The fraction of sp³-hybridized carbons (Fsp3) is 0.286. The highest BCUT2D eigenvalue weighted by molar-refractivity contribution is 7.89. The molecular weight excluding hydrogens is 371 g/mol. The van der Waals surface area contributed by atoms with Crippen molar-refractivity contribution in [1.29, 1.82) is 0 Å². The van der Waals surface area contributed by atoms with Crippen molar-refractivity contribution in [3.63, 3.8) is 0 Å². The first-order valence-corrected chi connectivity index (χ1v) is 9.09. The number of aryl methyl sites for hydroxylation is 1. The quantitative estimate of drug-likeness (QED) is 0.776. The van der Waals surface area contributed by atoms with E-state index in [0.717, 1.165) is 26.9 Å². The molecule has 0 N–H and O–H groups in total. The SMILES string of the molecule is Cc1ccsc1CN(C)S(=O)(=O)c1ccc(Cl)cc1C(F)(F)F. The summed E-state index contributed by atoms with van der Waals surface area (Å²) in [5, 5.41) is 1.63. The maximum absolute atomic E-state index is 13.1. The number of thiophene rings is 1. The normalized spacial score (nSPS) is 12.8. The number of nitrogens with zero attached hydrogens (tertiary/aromatic N) is 1. The van der Waals surface area contributed by atoms with Crippen molar-refractivity contribution in [2.45, 2.75) is 24.5 Å². The zero-order valence-electron chi connectivity index (χ0n) is 12.2. The first-order chi connectivity index (χ1) is 10.5. The molecule has 0 fully saturated rings. The summed E-state index contributed by atoms with van der Waals surface area (Å²) in [5.41, 5.74) is -0.371. The predicted molar refractivity (Wildman–Crippen MR) is 84.2 cm³/mol. The third-order valence-corrected chi connectivity index (χ3v) is 6.37. The minimum Gasteiger partial charge on any atom is -0.207 e. The maximum atomic E-state index is 13.1. The molecule has 0 saturated heterocycles. The number of hydrogen-bond acceptors (Lipinski definition) is 3. The fourth-order valence-electron chi connectivity index (χ4n) is 1.97. The Morgan fingerprint density at radius 1 is 1.26 bits per heavy atom. The van der Waals surface area contributed by atoms with E-state index in [0.29, 0.717) is 6.07 Å². The molecule has 0 spiro atoms. The Kier molecular flexibility index (Phi) is 5.10. The van der Waals surface area contributed by atoms with Crippen LogP contribution in [0, 0.1) is 6.92 Å². The molecule has 1 aromatic heterocycles. The van der Waals surface area contributed by atoms with E-state index in [1.54, 1.807) is 5.38 Å². The van der Waals surface area contributed by atoms with Crippen LogP contribution < -0.4 is 0 Å². The third kappa shape index (κ3) is 3.88. The lowest BCUT2D eigenvalue weighted by molar-refractivity contribution is -0.139. The summed E-state index contributed by atoms with van der Waals surface area (Å²) in [6.07, 6.45) is -4.81. The summed E-state index contributed by atoms with van der Waals surface area (Å²) in [6.45, 7) is 1.82. The van der Waals surface area contributed by atoms with Gasteiger partial charge in [-0.05, 0) is 42.1 Å². The van der Waals surface area contributed by atoms with Gasteiger partial charge in [0.2, 0.25) is 10.0 Å². The number of rotatable bonds is 4. The standard InChI is InChI=1S/C14H13ClF3NO2S2/c1-9-5-6-22-12(9)8-19(2)23(20,21)13-4-3-10(15)7-11(13)14(16,17)18/h3-7H,8H2,1-2H3. The van der Waals surface area contributed by atoms with Crippen LogP contribution in [-0.2, 0) is 22.7 Å². The lowest BCUT2D eigenvalue weighted by Crippen LogP contribution is -2.28. The molecule has 0 unspecified atom stereocenters. The van der Waals surface area contributed by atoms with Gasteiger partial charge in [-0.15, -0.1) is 11.3 Å². The van der Waals surface area contributed by atoms with Gasteiger partial charge in [0.1, 0.15) is 0 Å². The molecule has 1 aromatic carbocycles. The van der Waals surface area contributed by atoms with Gasteiger partial charge in [-0.2, -0.15) is 17.5 Å². The number of sulfonamides is 1. The number of halogens is 4. The molecular formula is C14H13ClF3NO2S2. The molecule has 126 valence electrons. The van der Waals surface area contributed by atoms with Crippen LogP contribution in [0.2, 0.25) is 5.02 Å². The molecule has 1 heterocycles. The van der Waals surface area contributed by atoms with Gasteiger partial charge in [0.05, 0.1) is 10.5 Å². The molecule has 0 aliphatic heterocycles. The van der Waals surface area contributed by atoms with E-state index in [-0.39, 0.29) is 11.6 Å². The van der Waals surface area contributed by atoms with E-state index in [9.17, 15) is 21.6 Å².